The summed E-state index contributed by atoms with van der Waals surface area (Å²) in [5.74, 6) is 2.05. The van der Waals surface area contributed by atoms with Crippen molar-refractivity contribution in [3.8, 4) is 0 Å². The van der Waals surface area contributed by atoms with Crippen molar-refractivity contribution >= 4 is 5.97 Å². The second-order valence-electron chi connectivity index (χ2n) is 4.80. The van der Waals surface area contributed by atoms with Gasteiger partial charge >= 0.3 is 5.97 Å². The second kappa shape index (κ2) is 5.38. The summed E-state index contributed by atoms with van der Waals surface area (Å²) in [6.07, 6.45) is 5.30. The molecule has 0 saturated heterocycles. The van der Waals surface area contributed by atoms with Crippen LogP contribution in [-0.2, 0) is 9.53 Å². The summed E-state index contributed by atoms with van der Waals surface area (Å²) in [7, 11) is 0. The summed E-state index contributed by atoms with van der Waals surface area (Å²) in [5, 5.41) is 0. The van der Waals surface area contributed by atoms with Crippen molar-refractivity contribution in [2.24, 2.45) is 17.8 Å². The van der Waals surface area contributed by atoms with Crippen LogP contribution in [0.1, 0.15) is 46.5 Å². The first-order valence-corrected chi connectivity index (χ1v) is 5.73. The van der Waals surface area contributed by atoms with E-state index in [9.17, 15) is 4.79 Å². The molecule has 1 rings (SSSR count). The monoisotopic (exact) mass is 198 g/mol. The lowest BCUT2D eigenvalue weighted by atomic mass is 9.77. The lowest BCUT2D eigenvalue weighted by Gasteiger charge is -2.30. The first-order valence-electron chi connectivity index (χ1n) is 5.73. The maximum absolute atomic E-state index is 10.7. The van der Waals surface area contributed by atoms with Gasteiger partial charge in [0.2, 0.25) is 0 Å². The molecule has 0 bridgehead atoms. The van der Waals surface area contributed by atoms with E-state index in [-0.39, 0.29) is 5.97 Å². The Kier molecular flexibility index (Phi) is 4.43. The number of ether oxygens (including phenoxy) is 1. The molecule has 1 aliphatic rings. The van der Waals surface area contributed by atoms with Gasteiger partial charge in [-0.15, -0.1) is 0 Å². The van der Waals surface area contributed by atoms with Crippen LogP contribution in [0.4, 0.5) is 0 Å². The SMILES string of the molecule is CC(=O)OC[C@@H](C)C1CCC(C)CC1. The smallest absolute Gasteiger partial charge is 0.302 e. The van der Waals surface area contributed by atoms with E-state index < -0.39 is 0 Å². The average Bonchev–Trinajstić information content (AvgIpc) is 2.15. The minimum Gasteiger partial charge on any atom is -0.466 e. The molecule has 0 amide bonds. The van der Waals surface area contributed by atoms with E-state index in [1.807, 2.05) is 0 Å². The van der Waals surface area contributed by atoms with Gasteiger partial charge in [0.15, 0.2) is 0 Å². The van der Waals surface area contributed by atoms with Crippen LogP contribution in [0.3, 0.4) is 0 Å². The fraction of sp³-hybridized carbons (Fsp3) is 0.917. The van der Waals surface area contributed by atoms with Crippen LogP contribution >= 0.6 is 0 Å². The highest BCUT2D eigenvalue weighted by Gasteiger charge is 2.23. The van der Waals surface area contributed by atoms with Gasteiger partial charge in [-0.2, -0.15) is 0 Å². The van der Waals surface area contributed by atoms with Crippen molar-refractivity contribution in [1.82, 2.24) is 0 Å². The molecule has 0 spiro atoms. The standard InChI is InChI=1S/C12H22O2/c1-9-4-6-12(7-5-9)10(2)8-14-11(3)13/h9-10,12H,4-8H2,1-3H3/t9?,10-,12?/m1/s1. The fourth-order valence-corrected chi connectivity index (χ4v) is 2.24. The maximum atomic E-state index is 10.7. The molecule has 1 atom stereocenters. The zero-order valence-corrected chi connectivity index (χ0v) is 9.58. The molecule has 0 aromatic rings. The van der Waals surface area contributed by atoms with Crippen LogP contribution in [-0.4, -0.2) is 12.6 Å². The molecule has 0 aliphatic heterocycles. The molecule has 0 aromatic carbocycles. The lowest BCUT2D eigenvalue weighted by Crippen LogP contribution is -2.23. The maximum Gasteiger partial charge on any atom is 0.302 e. The molecule has 0 heterocycles. The number of rotatable bonds is 3. The van der Waals surface area contributed by atoms with Gasteiger partial charge in [0, 0.05) is 6.92 Å². The molecule has 2 heteroatoms. The highest BCUT2D eigenvalue weighted by Crippen LogP contribution is 2.33. The minimum absolute atomic E-state index is 0.152. The lowest BCUT2D eigenvalue weighted by molar-refractivity contribution is -0.142. The summed E-state index contributed by atoms with van der Waals surface area (Å²) in [6.45, 7) is 6.61. The van der Waals surface area contributed by atoms with Gasteiger partial charge in [-0.3, -0.25) is 4.79 Å². The van der Waals surface area contributed by atoms with E-state index in [0.29, 0.717) is 12.5 Å². The second-order valence-corrected chi connectivity index (χ2v) is 4.80. The van der Waals surface area contributed by atoms with E-state index in [1.54, 1.807) is 0 Å². The molecule has 1 saturated carbocycles. The third-order valence-corrected chi connectivity index (χ3v) is 3.41. The van der Waals surface area contributed by atoms with Crippen LogP contribution in [0.15, 0.2) is 0 Å². The zero-order chi connectivity index (χ0) is 10.6. The van der Waals surface area contributed by atoms with Crippen molar-refractivity contribution in [2.75, 3.05) is 6.61 Å². The van der Waals surface area contributed by atoms with Crippen LogP contribution in [0, 0.1) is 17.8 Å². The fourth-order valence-electron chi connectivity index (χ4n) is 2.24. The zero-order valence-electron chi connectivity index (χ0n) is 9.58. The quantitative estimate of drug-likeness (QED) is 0.652. The van der Waals surface area contributed by atoms with Crippen molar-refractivity contribution in [1.29, 1.82) is 0 Å². The molecule has 0 radical (unpaired) electrons. The molecular weight excluding hydrogens is 176 g/mol. The van der Waals surface area contributed by atoms with Gasteiger partial charge in [0.25, 0.3) is 0 Å². The number of esters is 1. The summed E-state index contributed by atoms with van der Waals surface area (Å²) in [5.41, 5.74) is 0. The molecule has 0 unspecified atom stereocenters. The van der Waals surface area contributed by atoms with E-state index in [1.165, 1.54) is 32.6 Å². The molecule has 82 valence electrons. The van der Waals surface area contributed by atoms with Gasteiger partial charge in [-0.1, -0.05) is 26.7 Å². The largest absolute Gasteiger partial charge is 0.466 e. The molecule has 14 heavy (non-hydrogen) atoms. The predicted molar refractivity (Wildman–Crippen MR) is 56.9 cm³/mol. The van der Waals surface area contributed by atoms with Crippen LogP contribution < -0.4 is 0 Å². The first-order chi connectivity index (χ1) is 6.59. The topological polar surface area (TPSA) is 26.3 Å². The average molecular weight is 198 g/mol. The summed E-state index contributed by atoms with van der Waals surface area (Å²) in [6, 6.07) is 0. The molecule has 0 aromatic heterocycles. The predicted octanol–water partition coefficient (Wildman–Crippen LogP) is 3.01. The summed E-state index contributed by atoms with van der Waals surface area (Å²) < 4.78 is 5.04. The Hall–Kier alpha value is -0.530. The Morgan fingerprint density at radius 1 is 1.36 bits per heavy atom. The van der Waals surface area contributed by atoms with E-state index in [2.05, 4.69) is 13.8 Å². The van der Waals surface area contributed by atoms with Gasteiger partial charge in [0.05, 0.1) is 6.61 Å². The van der Waals surface area contributed by atoms with Gasteiger partial charge in [0.1, 0.15) is 0 Å². The Morgan fingerprint density at radius 2 is 1.93 bits per heavy atom. The first kappa shape index (κ1) is 11.5. The van der Waals surface area contributed by atoms with Crippen molar-refractivity contribution < 1.29 is 9.53 Å². The van der Waals surface area contributed by atoms with E-state index in [4.69, 9.17) is 4.74 Å². The highest BCUT2D eigenvalue weighted by molar-refractivity contribution is 5.65. The Balaban J connectivity index is 2.23. The summed E-state index contributed by atoms with van der Waals surface area (Å²) >= 11 is 0. The van der Waals surface area contributed by atoms with E-state index >= 15 is 0 Å². The number of hydrogen-bond donors (Lipinski definition) is 0. The van der Waals surface area contributed by atoms with E-state index in [0.717, 1.165) is 11.8 Å². The third-order valence-electron chi connectivity index (χ3n) is 3.41. The van der Waals surface area contributed by atoms with Crippen molar-refractivity contribution in [3.63, 3.8) is 0 Å². The minimum atomic E-state index is -0.152. The van der Waals surface area contributed by atoms with Gasteiger partial charge < -0.3 is 4.74 Å². The Bertz CT molecular complexity index is 181. The Labute approximate surface area is 87.0 Å². The Morgan fingerprint density at radius 3 is 2.43 bits per heavy atom. The van der Waals surface area contributed by atoms with Crippen LogP contribution in [0.25, 0.3) is 0 Å². The third kappa shape index (κ3) is 3.69. The highest BCUT2D eigenvalue weighted by atomic mass is 16.5. The molecule has 1 aliphatic carbocycles. The van der Waals surface area contributed by atoms with Gasteiger partial charge in [-0.25, -0.2) is 0 Å². The molecule has 1 fully saturated rings. The van der Waals surface area contributed by atoms with Crippen LogP contribution in [0.5, 0.6) is 0 Å². The molecular formula is C12H22O2. The normalized spacial score (nSPS) is 29.6. The number of carbonyl (C=O) groups excluding carboxylic acids is 1. The molecule has 0 N–H and O–H groups in total. The summed E-state index contributed by atoms with van der Waals surface area (Å²) in [4.78, 5) is 10.7. The molecule has 2 nitrogen and oxygen atoms in total. The number of hydrogen-bond acceptors (Lipinski definition) is 2. The van der Waals surface area contributed by atoms with Crippen molar-refractivity contribution in [2.45, 2.75) is 46.5 Å². The van der Waals surface area contributed by atoms with Crippen molar-refractivity contribution in [3.05, 3.63) is 0 Å². The number of carbonyl (C=O) groups is 1. The van der Waals surface area contributed by atoms with Crippen LogP contribution in [0.2, 0.25) is 0 Å². The van der Waals surface area contributed by atoms with Gasteiger partial charge in [-0.05, 0) is 30.6 Å².